The van der Waals surface area contributed by atoms with Crippen molar-refractivity contribution in [2.24, 2.45) is 0 Å². The molecule has 1 unspecified atom stereocenters. The zero-order valence-electron chi connectivity index (χ0n) is 12.9. The van der Waals surface area contributed by atoms with Crippen LogP contribution in [0.3, 0.4) is 0 Å². The molecule has 1 aromatic carbocycles. The summed E-state index contributed by atoms with van der Waals surface area (Å²) in [6, 6.07) is 3.25. The van der Waals surface area contributed by atoms with E-state index in [1.165, 1.54) is 6.07 Å². The first-order chi connectivity index (χ1) is 9.81. The van der Waals surface area contributed by atoms with Gasteiger partial charge in [0, 0.05) is 24.7 Å². The van der Waals surface area contributed by atoms with Crippen LogP contribution >= 0.6 is 11.6 Å². The molecule has 0 aliphatic heterocycles. The third-order valence-corrected chi connectivity index (χ3v) is 4.87. The van der Waals surface area contributed by atoms with Crippen molar-refractivity contribution in [2.45, 2.75) is 38.3 Å². The van der Waals surface area contributed by atoms with Gasteiger partial charge in [0.1, 0.15) is 0 Å². The molecule has 1 rings (SSSR count). The predicted molar refractivity (Wildman–Crippen MR) is 85.2 cm³/mol. The Morgan fingerprint density at radius 3 is 2.62 bits per heavy atom. The van der Waals surface area contributed by atoms with E-state index in [-0.39, 0.29) is 17.5 Å². The van der Waals surface area contributed by atoms with E-state index in [0.717, 1.165) is 5.56 Å². The fourth-order valence-corrected chi connectivity index (χ4v) is 3.74. The van der Waals surface area contributed by atoms with E-state index in [4.69, 9.17) is 16.3 Å². The standard InChI is InChI=1S/C14H23ClN2O3S/c1-5-20-10(2)8-17-21(18,19)14-7-13(15)6-12(9-16-4)11(14)3/h6-7,10,16-17H,5,8-9H2,1-4H3. The van der Waals surface area contributed by atoms with Crippen LogP contribution in [0.15, 0.2) is 17.0 Å². The summed E-state index contributed by atoms with van der Waals surface area (Å²) < 4.78 is 32.7. The molecule has 0 saturated heterocycles. The average molecular weight is 335 g/mol. The fourth-order valence-electron chi connectivity index (χ4n) is 2.01. The molecule has 0 spiro atoms. The van der Waals surface area contributed by atoms with Crippen LogP contribution in [0.5, 0.6) is 0 Å². The Labute approximate surface area is 132 Å². The molecule has 7 heteroatoms. The van der Waals surface area contributed by atoms with Crippen LogP contribution in [0.4, 0.5) is 0 Å². The molecule has 0 amide bonds. The first kappa shape index (κ1) is 18.4. The molecular formula is C14H23ClN2O3S. The van der Waals surface area contributed by atoms with Crippen LogP contribution in [0, 0.1) is 6.92 Å². The number of ether oxygens (including phenoxy) is 1. The molecule has 0 heterocycles. The van der Waals surface area contributed by atoms with Gasteiger partial charge in [0.25, 0.3) is 0 Å². The summed E-state index contributed by atoms with van der Waals surface area (Å²) in [6.07, 6.45) is -0.180. The Morgan fingerprint density at radius 1 is 1.38 bits per heavy atom. The Balaban J connectivity index is 3.02. The minimum atomic E-state index is -3.61. The van der Waals surface area contributed by atoms with Gasteiger partial charge in [-0.15, -0.1) is 0 Å². The molecule has 5 nitrogen and oxygen atoms in total. The third-order valence-electron chi connectivity index (χ3n) is 3.10. The Kier molecular flexibility index (Phi) is 7.09. The van der Waals surface area contributed by atoms with Crippen molar-refractivity contribution in [3.05, 3.63) is 28.3 Å². The lowest BCUT2D eigenvalue weighted by Crippen LogP contribution is -2.32. The zero-order valence-corrected chi connectivity index (χ0v) is 14.4. The van der Waals surface area contributed by atoms with E-state index < -0.39 is 10.0 Å². The number of sulfonamides is 1. The van der Waals surface area contributed by atoms with Gasteiger partial charge < -0.3 is 10.1 Å². The maximum absolute atomic E-state index is 12.4. The Bertz CT molecular complexity index is 576. The summed E-state index contributed by atoms with van der Waals surface area (Å²) in [5, 5.41) is 3.41. The molecule has 1 aromatic rings. The minimum Gasteiger partial charge on any atom is -0.377 e. The van der Waals surface area contributed by atoms with E-state index in [1.54, 1.807) is 20.0 Å². The van der Waals surface area contributed by atoms with Crippen LogP contribution in [-0.4, -0.2) is 34.7 Å². The smallest absolute Gasteiger partial charge is 0.240 e. The summed E-state index contributed by atoms with van der Waals surface area (Å²) in [7, 11) is -1.81. The minimum absolute atomic E-state index is 0.180. The van der Waals surface area contributed by atoms with Crippen molar-refractivity contribution in [1.82, 2.24) is 10.0 Å². The highest BCUT2D eigenvalue weighted by Gasteiger charge is 2.20. The maximum atomic E-state index is 12.4. The van der Waals surface area contributed by atoms with Crippen molar-refractivity contribution < 1.29 is 13.2 Å². The SMILES string of the molecule is CCOC(C)CNS(=O)(=O)c1cc(Cl)cc(CNC)c1C. The van der Waals surface area contributed by atoms with Gasteiger partial charge in [0.2, 0.25) is 10.0 Å². The van der Waals surface area contributed by atoms with Crippen LogP contribution in [0.25, 0.3) is 0 Å². The summed E-state index contributed by atoms with van der Waals surface area (Å²) in [5.74, 6) is 0. The van der Waals surface area contributed by atoms with E-state index in [2.05, 4.69) is 10.0 Å². The van der Waals surface area contributed by atoms with E-state index in [9.17, 15) is 8.42 Å². The summed E-state index contributed by atoms with van der Waals surface area (Å²) in [5.41, 5.74) is 1.56. The van der Waals surface area contributed by atoms with Crippen LogP contribution in [-0.2, 0) is 21.3 Å². The van der Waals surface area contributed by atoms with Gasteiger partial charge in [0.15, 0.2) is 0 Å². The molecule has 0 aromatic heterocycles. The lowest BCUT2D eigenvalue weighted by molar-refractivity contribution is 0.0799. The van der Waals surface area contributed by atoms with Gasteiger partial charge in [-0.2, -0.15) is 0 Å². The van der Waals surface area contributed by atoms with Crippen LogP contribution in [0.2, 0.25) is 5.02 Å². The lowest BCUT2D eigenvalue weighted by Gasteiger charge is -2.16. The molecule has 0 bridgehead atoms. The zero-order chi connectivity index (χ0) is 16.0. The second kappa shape index (κ2) is 8.10. The molecule has 0 aliphatic rings. The van der Waals surface area contributed by atoms with Gasteiger partial charge in [-0.25, -0.2) is 13.1 Å². The maximum Gasteiger partial charge on any atom is 0.240 e. The van der Waals surface area contributed by atoms with Gasteiger partial charge in [-0.3, -0.25) is 0 Å². The Morgan fingerprint density at radius 2 is 2.05 bits per heavy atom. The molecule has 1 atom stereocenters. The third kappa shape index (κ3) is 5.23. The quantitative estimate of drug-likeness (QED) is 0.763. The topological polar surface area (TPSA) is 67.4 Å². The van der Waals surface area contributed by atoms with Gasteiger partial charge in [-0.1, -0.05) is 11.6 Å². The van der Waals surface area contributed by atoms with E-state index in [0.29, 0.717) is 23.7 Å². The largest absolute Gasteiger partial charge is 0.377 e. The van der Waals surface area contributed by atoms with Crippen LogP contribution < -0.4 is 10.0 Å². The Hall–Kier alpha value is -0.660. The highest BCUT2D eigenvalue weighted by atomic mass is 35.5. The van der Waals surface area contributed by atoms with Crippen molar-refractivity contribution in [3.8, 4) is 0 Å². The monoisotopic (exact) mass is 334 g/mol. The number of halogens is 1. The number of hydrogen-bond acceptors (Lipinski definition) is 4. The van der Waals surface area contributed by atoms with Crippen LogP contribution in [0.1, 0.15) is 25.0 Å². The summed E-state index contributed by atoms with van der Waals surface area (Å²) in [4.78, 5) is 0.212. The van der Waals surface area contributed by atoms with E-state index >= 15 is 0 Å². The van der Waals surface area contributed by atoms with Crippen molar-refractivity contribution >= 4 is 21.6 Å². The molecule has 0 radical (unpaired) electrons. The second-order valence-electron chi connectivity index (χ2n) is 4.84. The first-order valence-corrected chi connectivity index (χ1v) is 8.72. The number of benzene rings is 1. The number of hydrogen-bond donors (Lipinski definition) is 2. The van der Waals surface area contributed by atoms with Crippen molar-refractivity contribution in [2.75, 3.05) is 20.2 Å². The molecule has 0 fully saturated rings. The van der Waals surface area contributed by atoms with E-state index in [1.807, 2.05) is 13.8 Å². The average Bonchev–Trinajstić information content (AvgIpc) is 2.41. The molecule has 0 saturated carbocycles. The molecule has 0 aliphatic carbocycles. The van der Waals surface area contributed by atoms with Crippen molar-refractivity contribution in [1.29, 1.82) is 0 Å². The number of rotatable bonds is 8. The number of nitrogens with one attached hydrogen (secondary N) is 2. The predicted octanol–water partition coefficient (Wildman–Crippen LogP) is 2.07. The molecular weight excluding hydrogens is 312 g/mol. The fraction of sp³-hybridized carbons (Fsp3) is 0.571. The summed E-state index contributed by atoms with van der Waals surface area (Å²) in [6.45, 7) is 6.81. The first-order valence-electron chi connectivity index (χ1n) is 6.86. The second-order valence-corrected chi connectivity index (χ2v) is 7.01. The van der Waals surface area contributed by atoms with Crippen molar-refractivity contribution in [3.63, 3.8) is 0 Å². The molecule has 21 heavy (non-hydrogen) atoms. The van der Waals surface area contributed by atoms with Gasteiger partial charge >= 0.3 is 0 Å². The normalized spacial score (nSPS) is 13.4. The lowest BCUT2D eigenvalue weighted by atomic mass is 10.1. The van der Waals surface area contributed by atoms with Gasteiger partial charge in [-0.05, 0) is 51.1 Å². The molecule has 120 valence electrons. The summed E-state index contributed by atoms with van der Waals surface area (Å²) >= 11 is 6.03. The highest BCUT2D eigenvalue weighted by Crippen LogP contribution is 2.24. The van der Waals surface area contributed by atoms with Gasteiger partial charge in [0.05, 0.1) is 11.0 Å². The highest BCUT2D eigenvalue weighted by molar-refractivity contribution is 7.89. The molecule has 2 N–H and O–H groups in total.